The molecule has 0 saturated carbocycles. The van der Waals surface area contributed by atoms with Crippen molar-refractivity contribution < 1.29 is 17.9 Å². The zero-order valence-electron chi connectivity index (χ0n) is 19.4. The number of carbonyl (C=O) groups is 1. The van der Waals surface area contributed by atoms with Crippen molar-refractivity contribution in [2.24, 2.45) is 0 Å². The number of halogens is 1. The first-order valence-electron chi connectivity index (χ1n) is 11.3. The predicted octanol–water partition coefficient (Wildman–Crippen LogP) is 5.54. The highest BCUT2D eigenvalue weighted by molar-refractivity contribution is 7.92. The molecule has 0 spiro atoms. The molecule has 0 aromatic heterocycles. The first kappa shape index (κ1) is 25.3. The fourth-order valence-corrected chi connectivity index (χ4v) is 5.12. The van der Waals surface area contributed by atoms with Gasteiger partial charge in [-0.3, -0.25) is 9.10 Å². The molecule has 0 aliphatic rings. The van der Waals surface area contributed by atoms with E-state index >= 15 is 0 Å². The summed E-state index contributed by atoms with van der Waals surface area (Å²) in [7, 11) is -3.79. The first-order chi connectivity index (χ1) is 17.4. The van der Waals surface area contributed by atoms with Crippen LogP contribution < -0.4 is 14.4 Å². The third kappa shape index (κ3) is 6.44. The van der Waals surface area contributed by atoms with Gasteiger partial charge in [0, 0.05) is 10.6 Å². The Morgan fingerprint density at radius 1 is 0.806 bits per heavy atom. The zero-order chi connectivity index (χ0) is 25.4. The number of rotatable bonds is 10. The van der Waals surface area contributed by atoms with E-state index in [2.05, 4.69) is 5.32 Å². The molecule has 0 atom stereocenters. The highest BCUT2D eigenvalue weighted by atomic mass is 35.5. The lowest BCUT2D eigenvalue weighted by Crippen LogP contribution is -2.30. The Hall–Kier alpha value is -3.81. The zero-order valence-corrected chi connectivity index (χ0v) is 21.0. The van der Waals surface area contributed by atoms with Crippen LogP contribution in [0.4, 0.5) is 5.69 Å². The van der Waals surface area contributed by atoms with Gasteiger partial charge in [-0.2, -0.15) is 0 Å². The van der Waals surface area contributed by atoms with Gasteiger partial charge < -0.3 is 10.1 Å². The molecule has 4 aromatic rings. The second-order valence-electron chi connectivity index (χ2n) is 7.92. The van der Waals surface area contributed by atoms with Crippen molar-refractivity contribution in [3.05, 3.63) is 125 Å². The fraction of sp³-hybridized carbons (Fsp3) is 0.107. The summed E-state index contributed by atoms with van der Waals surface area (Å²) in [5.74, 6) is 0.435. The van der Waals surface area contributed by atoms with E-state index in [1.807, 2.05) is 6.07 Å². The maximum atomic E-state index is 13.4. The number of sulfonamides is 1. The molecule has 0 aliphatic carbocycles. The van der Waals surface area contributed by atoms with E-state index in [1.54, 1.807) is 103 Å². The van der Waals surface area contributed by atoms with Crippen molar-refractivity contribution in [3.8, 4) is 5.75 Å². The number of ether oxygens (including phenoxy) is 1. The smallest absolute Gasteiger partial charge is 0.264 e. The van der Waals surface area contributed by atoms with Gasteiger partial charge >= 0.3 is 0 Å². The maximum absolute atomic E-state index is 13.4. The van der Waals surface area contributed by atoms with Crippen LogP contribution in [0.15, 0.2) is 114 Å². The molecule has 184 valence electrons. The Labute approximate surface area is 216 Å². The van der Waals surface area contributed by atoms with E-state index in [0.29, 0.717) is 35.2 Å². The van der Waals surface area contributed by atoms with Crippen LogP contribution in [0.2, 0.25) is 5.02 Å². The summed E-state index contributed by atoms with van der Waals surface area (Å²) in [4.78, 5) is 12.7. The molecule has 0 heterocycles. The van der Waals surface area contributed by atoms with Gasteiger partial charge in [-0.1, -0.05) is 60.1 Å². The Kier molecular flexibility index (Phi) is 8.25. The molecule has 6 nitrogen and oxygen atoms in total. The minimum absolute atomic E-state index is 0.123. The van der Waals surface area contributed by atoms with E-state index in [9.17, 15) is 13.2 Å². The van der Waals surface area contributed by atoms with Gasteiger partial charge in [0.25, 0.3) is 15.9 Å². The summed E-state index contributed by atoms with van der Waals surface area (Å²) < 4.78 is 33.8. The first-order valence-corrected chi connectivity index (χ1v) is 13.1. The molecule has 4 aromatic carbocycles. The Balaban J connectivity index is 1.41. The summed E-state index contributed by atoms with van der Waals surface area (Å²) >= 11 is 5.86. The molecule has 1 N–H and O–H groups in total. The molecule has 1 amide bonds. The number of nitrogens with zero attached hydrogens (tertiary/aromatic N) is 1. The molecule has 0 bridgehead atoms. The summed E-state index contributed by atoms with van der Waals surface area (Å²) in [5, 5.41) is 3.44. The predicted molar refractivity (Wildman–Crippen MR) is 142 cm³/mol. The SMILES string of the molecule is O=C(NCCOc1ccc(Cl)cc1)c1ccc(CN(c2ccccc2)S(=O)(=O)c2ccccc2)cc1. The number of amides is 1. The molecular formula is C28H25ClN2O4S. The second-order valence-corrected chi connectivity index (χ2v) is 10.2. The third-order valence-corrected chi connectivity index (χ3v) is 7.43. The number of benzene rings is 4. The number of hydrogen-bond acceptors (Lipinski definition) is 4. The van der Waals surface area contributed by atoms with E-state index in [-0.39, 0.29) is 17.3 Å². The van der Waals surface area contributed by atoms with E-state index in [0.717, 1.165) is 5.56 Å². The monoisotopic (exact) mass is 520 g/mol. The Morgan fingerprint density at radius 2 is 1.42 bits per heavy atom. The van der Waals surface area contributed by atoms with Crippen LogP contribution in [0.5, 0.6) is 5.75 Å². The number of para-hydroxylation sites is 1. The Morgan fingerprint density at radius 3 is 2.06 bits per heavy atom. The lowest BCUT2D eigenvalue weighted by molar-refractivity contribution is 0.0947. The molecule has 8 heteroatoms. The van der Waals surface area contributed by atoms with E-state index in [4.69, 9.17) is 16.3 Å². The van der Waals surface area contributed by atoms with Crippen LogP contribution in [0.25, 0.3) is 0 Å². The highest BCUT2D eigenvalue weighted by Crippen LogP contribution is 2.26. The molecule has 0 aliphatic heterocycles. The second kappa shape index (κ2) is 11.7. The van der Waals surface area contributed by atoms with Crippen molar-refractivity contribution in [2.75, 3.05) is 17.5 Å². The van der Waals surface area contributed by atoms with Gasteiger partial charge in [-0.15, -0.1) is 0 Å². The average molecular weight is 521 g/mol. The van der Waals surface area contributed by atoms with Crippen molar-refractivity contribution in [2.45, 2.75) is 11.4 Å². The van der Waals surface area contributed by atoms with Gasteiger partial charge in [0.05, 0.1) is 23.7 Å². The van der Waals surface area contributed by atoms with Crippen LogP contribution in [0.1, 0.15) is 15.9 Å². The maximum Gasteiger partial charge on any atom is 0.264 e. The van der Waals surface area contributed by atoms with Gasteiger partial charge in [0.1, 0.15) is 12.4 Å². The van der Waals surface area contributed by atoms with E-state index in [1.165, 1.54) is 4.31 Å². The number of anilines is 1. The lowest BCUT2D eigenvalue weighted by atomic mass is 10.1. The third-order valence-electron chi connectivity index (χ3n) is 5.39. The molecule has 0 fully saturated rings. The molecule has 0 radical (unpaired) electrons. The average Bonchev–Trinajstić information content (AvgIpc) is 2.92. The molecule has 0 unspecified atom stereocenters. The van der Waals surface area contributed by atoms with Crippen LogP contribution >= 0.6 is 11.6 Å². The van der Waals surface area contributed by atoms with Crippen LogP contribution in [0.3, 0.4) is 0 Å². The van der Waals surface area contributed by atoms with Gasteiger partial charge in [0.15, 0.2) is 0 Å². The van der Waals surface area contributed by atoms with Crippen molar-refractivity contribution >= 4 is 33.2 Å². The standard InChI is InChI=1S/C28H25ClN2O4S/c29-24-15-17-26(18-16-24)35-20-19-30-28(32)23-13-11-22(12-14-23)21-31(25-7-3-1-4-8-25)36(33,34)27-9-5-2-6-10-27/h1-18H,19-21H2,(H,30,32). The Bertz CT molecular complexity index is 1380. The molecular weight excluding hydrogens is 496 g/mol. The summed E-state index contributed by atoms with van der Waals surface area (Å²) in [6.45, 7) is 0.771. The van der Waals surface area contributed by atoms with E-state index < -0.39 is 10.0 Å². The summed E-state index contributed by atoms with van der Waals surface area (Å²) in [5.41, 5.74) is 1.78. The van der Waals surface area contributed by atoms with Crippen molar-refractivity contribution in [1.82, 2.24) is 5.32 Å². The summed E-state index contributed by atoms with van der Waals surface area (Å²) in [6.07, 6.45) is 0. The van der Waals surface area contributed by atoms with Gasteiger partial charge in [0.2, 0.25) is 0 Å². The quantitative estimate of drug-likeness (QED) is 0.278. The van der Waals surface area contributed by atoms with Gasteiger partial charge in [-0.25, -0.2) is 8.42 Å². The lowest BCUT2D eigenvalue weighted by Gasteiger charge is -2.25. The molecule has 0 saturated heterocycles. The fourth-order valence-electron chi connectivity index (χ4n) is 3.52. The highest BCUT2D eigenvalue weighted by Gasteiger charge is 2.25. The number of hydrogen-bond donors (Lipinski definition) is 1. The number of nitrogens with one attached hydrogen (secondary N) is 1. The van der Waals surface area contributed by atoms with Crippen molar-refractivity contribution in [3.63, 3.8) is 0 Å². The molecule has 4 rings (SSSR count). The summed E-state index contributed by atoms with van der Waals surface area (Å²) in [6, 6.07) is 31.2. The normalized spacial score (nSPS) is 11.0. The largest absolute Gasteiger partial charge is 0.492 e. The van der Waals surface area contributed by atoms with Gasteiger partial charge in [-0.05, 0) is 66.2 Å². The molecule has 36 heavy (non-hydrogen) atoms. The minimum Gasteiger partial charge on any atom is -0.492 e. The van der Waals surface area contributed by atoms with Crippen molar-refractivity contribution in [1.29, 1.82) is 0 Å². The number of carbonyl (C=O) groups excluding carboxylic acids is 1. The topological polar surface area (TPSA) is 75.7 Å². The minimum atomic E-state index is -3.79. The van der Waals surface area contributed by atoms with Crippen LogP contribution in [-0.4, -0.2) is 27.5 Å². The van der Waals surface area contributed by atoms with Crippen LogP contribution in [-0.2, 0) is 16.6 Å². The van der Waals surface area contributed by atoms with Crippen LogP contribution in [0, 0.1) is 0 Å².